The number of halogens is 1. The van der Waals surface area contributed by atoms with Crippen molar-refractivity contribution in [1.29, 1.82) is 0 Å². The van der Waals surface area contributed by atoms with Crippen LogP contribution in [0.2, 0.25) is 0 Å². The molecule has 30 heavy (non-hydrogen) atoms. The van der Waals surface area contributed by atoms with E-state index in [4.69, 9.17) is 5.10 Å². The number of rotatable bonds is 5. The normalized spacial score (nSPS) is 19.6. The number of carbonyl (C=O) groups is 1. The summed E-state index contributed by atoms with van der Waals surface area (Å²) in [5, 5.41) is 7.80. The molecule has 1 amide bonds. The van der Waals surface area contributed by atoms with Crippen molar-refractivity contribution in [1.82, 2.24) is 19.9 Å². The summed E-state index contributed by atoms with van der Waals surface area (Å²) in [7, 11) is 0. The largest absolute Gasteiger partial charge is 0.350 e. The van der Waals surface area contributed by atoms with E-state index in [9.17, 15) is 9.18 Å². The average molecular weight is 407 g/mol. The summed E-state index contributed by atoms with van der Waals surface area (Å²) in [5.41, 5.74) is 2.05. The molecule has 1 aliphatic heterocycles. The van der Waals surface area contributed by atoms with E-state index >= 15 is 0 Å². The van der Waals surface area contributed by atoms with Gasteiger partial charge in [0.25, 0.3) is 5.91 Å². The number of hydrogen-bond acceptors (Lipinski definition) is 4. The Morgan fingerprint density at radius 2 is 2.00 bits per heavy atom. The summed E-state index contributed by atoms with van der Waals surface area (Å²) in [6.07, 6.45) is 8.43. The summed E-state index contributed by atoms with van der Waals surface area (Å²) in [4.78, 5) is 19.3. The van der Waals surface area contributed by atoms with Crippen LogP contribution in [0, 0.1) is 11.7 Å². The van der Waals surface area contributed by atoms with Crippen LogP contribution in [0.25, 0.3) is 5.65 Å². The number of anilines is 1. The van der Waals surface area contributed by atoms with Crippen LogP contribution in [0.5, 0.6) is 0 Å². The highest BCUT2D eigenvalue weighted by Crippen LogP contribution is 2.35. The number of imidazole rings is 1. The van der Waals surface area contributed by atoms with Crippen LogP contribution < -0.4 is 10.2 Å². The minimum Gasteiger partial charge on any atom is -0.350 e. The highest BCUT2D eigenvalue weighted by molar-refractivity contribution is 5.93. The van der Waals surface area contributed by atoms with Gasteiger partial charge in [-0.25, -0.2) is 13.9 Å². The van der Waals surface area contributed by atoms with E-state index in [-0.39, 0.29) is 17.8 Å². The van der Waals surface area contributed by atoms with Crippen molar-refractivity contribution in [2.75, 3.05) is 18.0 Å². The second-order valence-electron chi connectivity index (χ2n) is 8.37. The maximum atomic E-state index is 13.8. The maximum absolute atomic E-state index is 13.8. The Bertz CT molecular complexity index is 1060. The molecule has 1 atom stereocenters. The van der Waals surface area contributed by atoms with Crippen molar-refractivity contribution >= 4 is 17.4 Å². The molecule has 0 bridgehead atoms. The van der Waals surface area contributed by atoms with Crippen molar-refractivity contribution in [3.05, 3.63) is 59.7 Å². The van der Waals surface area contributed by atoms with Gasteiger partial charge in [0, 0.05) is 13.1 Å². The molecule has 1 aromatic carbocycles. The Morgan fingerprint density at radius 1 is 1.13 bits per heavy atom. The number of hydrogen-bond donors (Lipinski definition) is 1. The molecule has 2 aromatic heterocycles. The van der Waals surface area contributed by atoms with Gasteiger partial charge in [0.05, 0.1) is 12.2 Å². The van der Waals surface area contributed by atoms with Gasteiger partial charge in [0.2, 0.25) is 0 Å². The first-order valence-corrected chi connectivity index (χ1v) is 10.8. The molecule has 7 heteroatoms. The molecule has 1 aliphatic carbocycles. The monoisotopic (exact) mass is 407 g/mol. The third-order valence-corrected chi connectivity index (χ3v) is 6.39. The van der Waals surface area contributed by atoms with Gasteiger partial charge in [-0.05, 0) is 61.4 Å². The van der Waals surface area contributed by atoms with Crippen LogP contribution in [0.4, 0.5) is 10.2 Å². The fourth-order valence-corrected chi connectivity index (χ4v) is 4.82. The Labute approximate surface area is 175 Å². The van der Waals surface area contributed by atoms with Gasteiger partial charge in [-0.15, -0.1) is 5.10 Å². The van der Waals surface area contributed by atoms with Crippen LogP contribution in [-0.4, -0.2) is 33.6 Å². The number of benzene rings is 1. The van der Waals surface area contributed by atoms with Gasteiger partial charge in [-0.3, -0.25) is 4.79 Å². The van der Waals surface area contributed by atoms with Crippen LogP contribution in [-0.2, 0) is 0 Å². The molecule has 0 unspecified atom stereocenters. The van der Waals surface area contributed by atoms with Gasteiger partial charge < -0.3 is 10.2 Å². The third kappa shape index (κ3) is 3.64. The molecule has 0 spiro atoms. The molecule has 3 aromatic rings. The highest BCUT2D eigenvalue weighted by Gasteiger charge is 2.28. The van der Waals surface area contributed by atoms with E-state index in [1.54, 1.807) is 22.8 Å². The topological polar surface area (TPSA) is 62.5 Å². The van der Waals surface area contributed by atoms with Crippen LogP contribution >= 0.6 is 0 Å². The molecular weight excluding hydrogens is 381 g/mol. The summed E-state index contributed by atoms with van der Waals surface area (Å²) >= 11 is 0. The molecule has 0 radical (unpaired) electrons. The molecule has 5 rings (SSSR count). The lowest BCUT2D eigenvalue weighted by Crippen LogP contribution is -2.30. The predicted octanol–water partition coefficient (Wildman–Crippen LogP) is 4.13. The zero-order valence-corrected chi connectivity index (χ0v) is 16.9. The highest BCUT2D eigenvalue weighted by atomic mass is 19.1. The summed E-state index contributed by atoms with van der Waals surface area (Å²) in [6.45, 7) is 1.55. The minimum absolute atomic E-state index is 0.0776. The Morgan fingerprint density at radius 3 is 2.83 bits per heavy atom. The summed E-state index contributed by atoms with van der Waals surface area (Å²) < 4.78 is 15.4. The molecule has 1 saturated heterocycles. The van der Waals surface area contributed by atoms with Gasteiger partial charge in [0.1, 0.15) is 11.6 Å². The first-order valence-electron chi connectivity index (χ1n) is 10.8. The first-order chi connectivity index (χ1) is 14.7. The van der Waals surface area contributed by atoms with Gasteiger partial charge in [-0.2, -0.15) is 0 Å². The fraction of sp³-hybridized carbons (Fsp3) is 0.435. The first kappa shape index (κ1) is 19.0. The van der Waals surface area contributed by atoms with Gasteiger partial charge >= 0.3 is 0 Å². The minimum atomic E-state index is -0.224. The lowest BCUT2D eigenvalue weighted by molar-refractivity contribution is 0.0940. The van der Waals surface area contributed by atoms with Gasteiger partial charge in [-0.1, -0.05) is 25.0 Å². The SMILES string of the molecule is O=C(NCC1CCCC1)c1cnc2ccc(N3CCC[C@@H]3c3cccc(F)c3)nn12. The molecule has 1 saturated carbocycles. The predicted molar refractivity (Wildman–Crippen MR) is 113 cm³/mol. The van der Waals surface area contributed by atoms with E-state index in [2.05, 4.69) is 15.2 Å². The molecule has 3 heterocycles. The fourth-order valence-electron chi connectivity index (χ4n) is 4.82. The molecular formula is C23H26FN5O. The lowest BCUT2D eigenvalue weighted by Gasteiger charge is -2.26. The number of carbonyl (C=O) groups excluding carboxylic acids is 1. The number of amides is 1. The maximum Gasteiger partial charge on any atom is 0.271 e. The molecule has 1 N–H and O–H groups in total. The third-order valence-electron chi connectivity index (χ3n) is 6.39. The van der Waals surface area contributed by atoms with Crippen LogP contribution in [0.1, 0.15) is 60.6 Å². The summed E-state index contributed by atoms with van der Waals surface area (Å²) in [5.74, 6) is 0.992. The number of nitrogens with one attached hydrogen (secondary N) is 1. The van der Waals surface area contributed by atoms with Crippen molar-refractivity contribution in [3.8, 4) is 0 Å². The quantitative estimate of drug-likeness (QED) is 0.691. The van der Waals surface area contributed by atoms with E-state index in [1.165, 1.54) is 31.7 Å². The molecule has 2 aliphatic rings. The van der Waals surface area contributed by atoms with E-state index in [0.717, 1.165) is 30.8 Å². The van der Waals surface area contributed by atoms with Crippen LogP contribution in [0.3, 0.4) is 0 Å². The molecule has 6 nitrogen and oxygen atoms in total. The zero-order chi connectivity index (χ0) is 20.5. The van der Waals surface area contributed by atoms with Crippen molar-refractivity contribution < 1.29 is 9.18 Å². The van der Waals surface area contributed by atoms with Crippen LogP contribution in [0.15, 0.2) is 42.6 Å². The Hall–Kier alpha value is -2.96. The van der Waals surface area contributed by atoms with Crippen molar-refractivity contribution in [2.24, 2.45) is 5.92 Å². The lowest BCUT2D eigenvalue weighted by atomic mass is 10.0. The number of fused-ring (bicyclic) bond motifs is 1. The Balaban J connectivity index is 1.40. The molecule has 2 fully saturated rings. The smallest absolute Gasteiger partial charge is 0.271 e. The van der Waals surface area contributed by atoms with Gasteiger partial charge in [0.15, 0.2) is 11.3 Å². The van der Waals surface area contributed by atoms with E-state index < -0.39 is 0 Å². The van der Waals surface area contributed by atoms with E-state index in [0.29, 0.717) is 23.8 Å². The van der Waals surface area contributed by atoms with E-state index in [1.807, 2.05) is 18.2 Å². The molecule has 156 valence electrons. The number of aromatic nitrogens is 3. The second kappa shape index (κ2) is 8.05. The standard InChI is InChI=1S/C23H26FN5O/c24-18-8-3-7-17(13-18)19-9-4-12-28(19)22-11-10-21-25-15-20(29(21)27-22)23(30)26-14-16-5-1-2-6-16/h3,7-8,10-11,13,15-16,19H,1-2,4-6,9,12,14H2,(H,26,30)/t19-/m1/s1. The zero-order valence-electron chi connectivity index (χ0n) is 16.9. The second-order valence-corrected chi connectivity index (χ2v) is 8.37. The van der Waals surface area contributed by atoms with Crippen molar-refractivity contribution in [3.63, 3.8) is 0 Å². The number of nitrogens with zero attached hydrogens (tertiary/aromatic N) is 4. The van der Waals surface area contributed by atoms with Crippen molar-refractivity contribution in [2.45, 2.75) is 44.6 Å². The summed E-state index contributed by atoms with van der Waals surface area (Å²) in [6, 6.07) is 10.7. The Kier molecular flexibility index (Phi) is 5.11. The average Bonchev–Trinajstić information content (AvgIpc) is 3.52.